The average molecular weight is 402 g/mol. The Kier molecular flexibility index (Phi) is 7.53. The summed E-state index contributed by atoms with van der Waals surface area (Å²) in [6.45, 7) is 0.739. The maximum atomic E-state index is 12.6. The van der Waals surface area contributed by atoms with Crippen molar-refractivity contribution in [1.82, 2.24) is 10.2 Å². The summed E-state index contributed by atoms with van der Waals surface area (Å²) < 4.78 is 45.8. The summed E-state index contributed by atoms with van der Waals surface area (Å²) in [6.07, 6.45) is -4.08. The molecule has 6 nitrogen and oxygen atoms in total. The van der Waals surface area contributed by atoms with Crippen LogP contribution in [-0.2, 0) is 9.53 Å². The van der Waals surface area contributed by atoms with E-state index in [2.05, 4.69) is 10.1 Å². The Labute approximate surface area is 162 Å². The van der Waals surface area contributed by atoms with Crippen LogP contribution in [0.5, 0.6) is 5.75 Å². The van der Waals surface area contributed by atoms with Crippen LogP contribution < -0.4 is 10.1 Å². The molecule has 1 heterocycles. The van der Waals surface area contributed by atoms with Crippen molar-refractivity contribution in [3.8, 4) is 5.75 Å². The molecule has 1 aromatic carbocycles. The molecule has 1 atom stereocenters. The fourth-order valence-corrected chi connectivity index (χ4v) is 3.11. The predicted octanol–water partition coefficient (Wildman–Crippen LogP) is 3.67. The zero-order chi connectivity index (χ0) is 20.7. The van der Waals surface area contributed by atoms with Gasteiger partial charge < -0.3 is 19.7 Å². The van der Waals surface area contributed by atoms with Gasteiger partial charge in [-0.3, -0.25) is 4.79 Å². The van der Waals surface area contributed by atoms with Gasteiger partial charge in [0.15, 0.2) is 6.61 Å². The first-order chi connectivity index (χ1) is 13.2. The number of alkyl halides is 3. The van der Waals surface area contributed by atoms with Crippen LogP contribution >= 0.6 is 0 Å². The first kappa shape index (κ1) is 21.8. The number of hydrogen-bond acceptors (Lipinski definition) is 4. The van der Waals surface area contributed by atoms with Gasteiger partial charge in [0.05, 0.1) is 13.2 Å². The molecule has 1 aromatic rings. The molecule has 156 valence electrons. The second kappa shape index (κ2) is 9.66. The second-order valence-electron chi connectivity index (χ2n) is 6.67. The Morgan fingerprint density at radius 2 is 1.82 bits per heavy atom. The lowest BCUT2D eigenvalue weighted by Crippen LogP contribution is -2.44. The van der Waals surface area contributed by atoms with Crippen molar-refractivity contribution in [3.63, 3.8) is 0 Å². The molecule has 0 radical (unpaired) electrons. The topological polar surface area (TPSA) is 67.9 Å². The third kappa shape index (κ3) is 6.31. The summed E-state index contributed by atoms with van der Waals surface area (Å²) in [5, 5.41) is 3.02. The van der Waals surface area contributed by atoms with E-state index in [0.29, 0.717) is 19.3 Å². The van der Waals surface area contributed by atoms with Gasteiger partial charge in [0, 0.05) is 19.0 Å². The van der Waals surface area contributed by atoms with Crippen LogP contribution in [0, 0.1) is 5.92 Å². The Morgan fingerprint density at radius 3 is 2.32 bits per heavy atom. The van der Waals surface area contributed by atoms with E-state index in [0.717, 1.165) is 11.3 Å². The van der Waals surface area contributed by atoms with E-state index in [9.17, 15) is 22.8 Å². The third-order valence-electron chi connectivity index (χ3n) is 4.73. The van der Waals surface area contributed by atoms with E-state index in [1.165, 1.54) is 4.90 Å². The van der Waals surface area contributed by atoms with Crippen LogP contribution in [0.1, 0.15) is 37.8 Å². The number of rotatable bonds is 6. The smallest absolute Gasteiger partial charge is 0.422 e. The number of piperidine rings is 1. The highest BCUT2D eigenvalue weighted by Crippen LogP contribution is 2.24. The molecule has 2 rings (SSSR count). The number of hydrogen-bond donors (Lipinski definition) is 1. The summed E-state index contributed by atoms with van der Waals surface area (Å²) >= 11 is 0. The summed E-state index contributed by atoms with van der Waals surface area (Å²) in [6, 6.07) is 7.30. The number of amides is 2. The number of likely N-dealkylation sites (tertiary alicyclic amines) is 1. The molecule has 0 spiro atoms. The minimum Gasteiger partial charge on any atom is -0.497 e. The zero-order valence-corrected chi connectivity index (χ0v) is 15.9. The highest BCUT2D eigenvalue weighted by atomic mass is 19.4. The molecule has 1 saturated heterocycles. The van der Waals surface area contributed by atoms with Crippen molar-refractivity contribution in [1.29, 1.82) is 0 Å². The molecule has 1 aliphatic heterocycles. The number of benzene rings is 1. The van der Waals surface area contributed by atoms with Crippen molar-refractivity contribution in [2.75, 3.05) is 26.8 Å². The Balaban J connectivity index is 1.84. The predicted molar refractivity (Wildman–Crippen MR) is 95.9 cm³/mol. The van der Waals surface area contributed by atoms with Crippen molar-refractivity contribution in [2.24, 2.45) is 5.92 Å². The maximum absolute atomic E-state index is 12.6. The second-order valence-corrected chi connectivity index (χ2v) is 6.67. The van der Waals surface area contributed by atoms with Gasteiger partial charge >= 0.3 is 12.3 Å². The summed E-state index contributed by atoms with van der Waals surface area (Å²) in [4.78, 5) is 25.5. The van der Waals surface area contributed by atoms with Crippen LogP contribution in [0.25, 0.3) is 0 Å². The fraction of sp³-hybridized carbons (Fsp3) is 0.579. The minimum absolute atomic E-state index is 0.119. The number of carbonyl (C=O) groups excluding carboxylic acids is 2. The van der Waals surface area contributed by atoms with Gasteiger partial charge in [0.2, 0.25) is 5.91 Å². The molecule has 1 fully saturated rings. The molecule has 0 unspecified atom stereocenters. The molecule has 1 N–H and O–H groups in total. The molecule has 0 aliphatic carbocycles. The normalized spacial score (nSPS) is 16.4. The van der Waals surface area contributed by atoms with Crippen LogP contribution in [0.2, 0.25) is 0 Å². The zero-order valence-electron chi connectivity index (χ0n) is 15.9. The number of nitrogens with zero attached hydrogens (tertiary/aromatic N) is 1. The van der Waals surface area contributed by atoms with Gasteiger partial charge in [-0.15, -0.1) is 0 Å². The van der Waals surface area contributed by atoms with E-state index >= 15 is 0 Å². The van der Waals surface area contributed by atoms with E-state index in [1.54, 1.807) is 7.11 Å². The molecule has 0 bridgehead atoms. The number of nitrogens with one attached hydrogen (secondary N) is 1. The van der Waals surface area contributed by atoms with Crippen molar-refractivity contribution >= 4 is 12.0 Å². The lowest BCUT2D eigenvalue weighted by Gasteiger charge is -2.31. The van der Waals surface area contributed by atoms with Crippen molar-refractivity contribution in [3.05, 3.63) is 29.8 Å². The van der Waals surface area contributed by atoms with Gasteiger partial charge in [0.25, 0.3) is 0 Å². The van der Waals surface area contributed by atoms with Crippen LogP contribution in [0.15, 0.2) is 24.3 Å². The molecule has 1 aliphatic rings. The van der Waals surface area contributed by atoms with Gasteiger partial charge in [0.1, 0.15) is 5.75 Å². The lowest BCUT2D eigenvalue weighted by molar-refractivity contribution is -0.162. The Hall–Kier alpha value is -2.45. The van der Waals surface area contributed by atoms with Gasteiger partial charge in [-0.1, -0.05) is 19.1 Å². The van der Waals surface area contributed by atoms with Gasteiger partial charge in [-0.05, 0) is 37.0 Å². The first-order valence-corrected chi connectivity index (χ1v) is 9.16. The van der Waals surface area contributed by atoms with E-state index in [4.69, 9.17) is 4.74 Å². The summed E-state index contributed by atoms with van der Waals surface area (Å²) in [7, 11) is 1.58. The highest BCUT2D eigenvalue weighted by molar-refractivity contribution is 5.79. The summed E-state index contributed by atoms with van der Waals surface area (Å²) in [5.41, 5.74) is 0.963. The molecule has 28 heavy (non-hydrogen) atoms. The van der Waals surface area contributed by atoms with Crippen LogP contribution in [0.4, 0.5) is 18.0 Å². The van der Waals surface area contributed by atoms with E-state index in [-0.39, 0.29) is 31.0 Å². The van der Waals surface area contributed by atoms with E-state index in [1.807, 2.05) is 31.2 Å². The van der Waals surface area contributed by atoms with Crippen molar-refractivity contribution in [2.45, 2.75) is 38.4 Å². The summed E-state index contributed by atoms with van der Waals surface area (Å²) in [5.74, 6) is 0.319. The maximum Gasteiger partial charge on any atom is 0.422 e. The Bertz CT molecular complexity index is 656. The molecular weight excluding hydrogens is 377 g/mol. The SMILES string of the molecule is CC[C@H](NC(=O)C1CCN(C(=O)OCC(F)(F)F)CC1)c1ccc(OC)cc1. The molecular formula is C19H25F3N2O4. The fourth-order valence-electron chi connectivity index (χ4n) is 3.11. The standard InChI is InChI=1S/C19H25F3N2O4/c1-3-16(13-4-6-15(27-2)7-5-13)23-17(25)14-8-10-24(11-9-14)18(26)28-12-19(20,21)22/h4-7,14,16H,3,8-12H2,1-2H3,(H,23,25)/t16-/m0/s1. The lowest BCUT2D eigenvalue weighted by atomic mass is 9.95. The molecule has 2 amide bonds. The van der Waals surface area contributed by atoms with Crippen molar-refractivity contribution < 1.29 is 32.2 Å². The van der Waals surface area contributed by atoms with E-state index < -0.39 is 18.9 Å². The van der Waals surface area contributed by atoms with Crippen LogP contribution in [0.3, 0.4) is 0 Å². The number of ether oxygens (including phenoxy) is 2. The number of halogens is 3. The largest absolute Gasteiger partial charge is 0.497 e. The van der Waals surface area contributed by atoms with Gasteiger partial charge in [-0.25, -0.2) is 4.79 Å². The molecule has 0 saturated carbocycles. The number of methoxy groups -OCH3 is 1. The monoisotopic (exact) mass is 402 g/mol. The minimum atomic E-state index is -4.55. The highest BCUT2D eigenvalue weighted by Gasteiger charge is 2.33. The van der Waals surface area contributed by atoms with Gasteiger partial charge in [-0.2, -0.15) is 13.2 Å². The average Bonchev–Trinajstić information content (AvgIpc) is 2.69. The molecule has 9 heteroatoms. The molecule has 0 aromatic heterocycles. The Morgan fingerprint density at radius 1 is 1.21 bits per heavy atom. The van der Waals surface area contributed by atoms with Crippen LogP contribution in [-0.4, -0.2) is 49.9 Å². The quantitative estimate of drug-likeness (QED) is 0.788. The third-order valence-corrected chi connectivity index (χ3v) is 4.73. The first-order valence-electron chi connectivity index (χ1n) is 9.16. The number of carbonyl (C=O) groups is 2.